The Balaban J connectivity index is 0.00000144. The number of nitrogens with one attached hydrogen (secondary N) is 1. The van der Waals surface area contributed by atoms with E-state index in [1.54, 1.807) is 24.3 Å². The molecule has 2 aromatic rings. The molecule has 0 aliphatic carbocycles. The fourth-order valence-corrected chi connectivity index (χ4v) is 1.60. The molecule has 6 heteroatoms. The standard InChI is InChI=1S/C12H11NO3.2Li/c1-7(14)13-10-6-11(15)8-4-2-3-5-9(8)12(10)16;;/h2-6,15-16H,1H3,(H,13,14);;/q;2*+1/p-2. The monoisotopic (exact) mass is 229 g/mol. The van der Waals surface area contributed by atoms with E-state index in [1.165, 1.54) is 6.92 Å². The first kappa shape index (κ1) is 17.0. The van der Waals surface area contributed by atoms with Gasteiger partial charge in [0.1, 0.15) is 0 Å². The molecule has 2 aromatic carbocycles. The van der Waals surface area contributed by atoms with Crippen LogP contribution in [-0.2, 0) is 4.79 Å². The molecule has 0 spiro atoms. The number of rotatable bonds is 1. The van der Waals surface area contributed by atoms with E-state index in [4.69, 9.17) is 0 Å². The summed E-state index contributed by atoms with van der Waals surface area (Å²) in [6.45, 7) is 1.29. The molecule has 1 amide bonds. The SMILES string of the molecule is CC(=O)Nc1cc([O-])c2ccccc2c1[O-].[Li+].[Li+]. The van der Waals surface area contributed by atoms with Gasteiger partial charge < -0.3 is 15.5 Å². The summed E-state index contributed by atoms with van der Waals surface area (Å²) in [5.74, 6) is -0.962. The average Bonchev–Trinajstić information content (AvgIpc) is 2.25. The van der Waals surface area contributed by atoms with Crippen LogP contribution >= 0.6 is 0 Å². The van der Waals surface area contributed by atoms with E-state index in [1.807, 2.05) is 0 Å². The Labute approximate surface area is 129 Å². The van der Waals surface area contributed by atoms with Crippen molar-refractivity contribution in [3.05, 3.63) is 30.3 Å². The summed E-state index contributed by atoms with van der Waals surface area (Å²) in [4.78, 5) is 10.9. The minimum Gasteiger partial charge on any atom is -0.872 e. The molecule has 4 nitrogen and oxygen atoms in total. The van der Waals surface area contributed by atoms with Gasteiger partial charge in [-0.05, 0) is 16.8 Å². The zero-order valence-electron chi connectivity index (χ0n) is 10.6. The van der Waals surface area contributed by atoms with Crippen LogP contribution in [0.15, 0.2) is 30.3 Å². The van der Waals surface area contributed by atoms with Crippen molar-refractivity contribution in [2.24, 2.45) is 0 Å². The van der Waals surface area contributed by atoms with E-state index in [0.29, 0.717) is 10.8 Å². The maximum Gasteiger partial charge on any atom is 1.00 e. The summed E-state index contributed by atoms with van der Waals surface area (Å²) in [5, 5.41) is 26.6. The van der Waals surface area contributed by atoms with E-state index in [-0.39, 0.29) is 60.8 Å². The molecule has 0 radical (unpaired) electrons. The summed E-state index contributed by atoms with van der Waals surface area (Å²) in [7, 11) is 0. The fraction of sp³-hybridized carbons (Fsp3) is 0.0833. The molecule has 0 saturated heterocycles. The first-order chi connectivity index (χ1) is 7.59. The smallest absolute Gasteiger partial charge is 0.872 e. The van der Waals surface area contributed by atoms with E-state index >= 15 is 0 Å². The van der Waals surface area contributed by atoms with Crippen LogP contribution in [0.2, 0.25) is 0 Å². The zero-order valence-corrected chi connectivity index (χ0v) is 10.6. The maximum absolute atomic E-state index is 11.9. The Morgan fingerprint density at radius 2 is 1.67 bits per heavy atom. The van der Waals surface area contributed by atoms with Gasteiger partial charge in [-0.2, -0.15) is 0 Å². The topological polar surface area (TPSA) is 75.2 Å². The van der Waals surface area contributed by atoms with Crippen LogP contribution in [0.25, 0.3) is 10.8 Å². The predicted molar refractivity (Wildman–Crippen MR) is 57.1 cm³/mol. The van der Waals surface area contributed by atoms with E-state index in [0.717, 1.165) is 6.07 Å². The van der Waals surface area contributed by atoms with Gasteiger partial charge in [-0.25, -0.2) is 0 Å². The van der Waals surface area contributed by atoms with Crippen molar-refractivity contribution in [3.63, 3.8) is 0 Å². The number of amides is 1. The number of hydrogen-bond acceptors (Lipinski definition) is 3. The summed E-state index contributed by atoms with van der Waals surface area (Å²) in [6, 6.07) is 7.70. The largest absolute Gasteiger partial charge is 1.00 e. The Kier molecular flexibility index (Phi) is 6.39. The van der Waals surface area contributed by atoms with Gasteiger partial charge in [0.15, 0.2) is 0 Å². The zero-order chi connectivity index (χ0) is 11.7. The van der Waals surface area contributed by atoms with Gasteiger partial charge in [0.25, 0.3) is 0 Å². The molecule has 0 aliphatic heterocycles. The van der Waals surface area contributed by atoms with Crippen molar-refractivity contribution >= 4 is 22.4 Å². The van der Waals surface area contributed by atoms with Gasteiger partial charge in [0.2, 0.25) is 5.91 Å². The van der Waals surface area contributed by atoms with Crippen LogP contribution in [0.1, 0.15) is 6.92 Å². The van der Waals surface area contributed by atoms with Crippen LogP contribution < -0.4 is 53.3 Å². The van der Waals surface area contributed by atoms with Crippen molar-refractivity contribution in [2.75, 3.05) is 5.32 Å². The van der Waals surface area contributed by atoms with E-state index < -0.39 is 0 Å². The number of benzene rings is 2. The minimum atomic E-state index is -0.369. The molecular weight excluding hydrogens is 220 g/mol. The van der Waals surface area contributed by atoms with Crippen LogP contribution in [0, 0.1) is 0 Å². The third-order valence-electron chi connectivity index (χ3n) is 2.27. The van der Waals surface area contributed by atoms with Crippen molar-refractivity contribution in [1.29, 1.82) is 0 Å². The van der Waals surface area contributed by atoms with Crippen LogP contribution in [0.3, 0.4) is 0 Å². The Morgan fingerprint density at radius 3 is 2.22 bits per heavy atom. The van der Waals surface area contributed by atoms with E-state index in [9.17, 15) is 15.0 Å². The van der Waals surface area contributed by atoms with Crippen molar-refractivity contribution < 1.29 is 52.7 Å². The minimum absolute atomic E-state index is 0. The molecular formula is C12H9Li2NO3. The van der Waals surface area contributed by atoms with Gasteiger partial charge in [-0.1, -0.05) is 35.8 Å². The van der Waals surface area contributed by atoms with Crippen LogP contribution in [-0.4, -0.2) is 5.91 Å². The first-order valence-electron chi connectivity index (χ1n) is 4.77. The van der Waals surface area contributed by atoms with Gasteiger partial charge in [0.05, 0.1) is 0 Å². The second kappa shape index (κ2) is 6.78. The third kappa shape index (κ3) is 3.25. The average molecular weight is 229 g/mol. The maximum atomic E-state index is 11.9. The number of anilines is 1. The molecule has 0 aliphatic rings. The Morgan fingerprint density at radius 1 is 1.11 bits per heavy atom. The molecule has 1 N–H and O–H groups in total. The summed E-state index contributed by atoms with van der Waals surface area (Å²) < 4.78 is 0. The summed E-state index contributed by atoms with van der Waals surface area (Å²) >= 11 is 0. The molecule has 82 valence electrons. The van der Waals surface area contributed by atoms with Gasteiger partial charge in [0, 0.05) is 12.6 Å². The number of carbonyl (C=O) groups excluding carboxylic acids is 1. The van der Waals surface area contributed by atoms with E-state index in [2.05, 4.69) is 5.32 Å². The van der Waals surface area contributed by atoms with Crippen molar-refractivity contribution in [1.82, 2.24) is 0 Å². The number of fused-ring (bicyclic) bond motifs is 1. The van der Waals surface area contributed by atoms with Crippen LogP contribution in [0.4, 0.5) is 5.69 Å². The normalized spacial score (nSPS) is 9.17. The van der Waals surface area contributed by atoms with Gasteiger partial charge >= 0.3 is 37.7 Å². The Bertz CT molecular complexity index is 572. The second-order valence-corrected chi connectivity index (χ2v) is 3.48. The van der Waals surface area contributed by atoms with Crippen LogP contribution in [0.5, 0.6) is 11.5 Å². The Hall–Kier alpha value is -1.04. The predicted octanol–water partition coefficient (Wildman–Crippen LogP) is -5.05. The molecule has 0 fully saturated rings. The van der Waals surface area contributed by atoms with Gasteiger partial charge in [-0.15, -0.1) is 0 Å². The summed E-state index contributed by atoms with van der Waals surface area (Å²) in [6.07, 6.45) is 0. The quantitative estimate of drug-likeness (QED) is 0.497. The molecule has 0 bridgehead atoms. The van der Waals surface area contributed by atoms with Crippen molar-refractivity contribution in [2.45, 2.75) is 6.92 Å². The van der Waals surface area contributed by atoms with Crippen molar-refractivity contribution in [3.8, 4) is 11.5 Å². The molecule has 2 rings (SSSR count). The molecule has 0 atom stereocenters. The fourth-order valence-electron chi connectivity index (χ4n) is 1.60. The molecule has 0 heterocycles. The number of hydrogen-bond donors (Lipinski definition) is 1. The molecule has 0 saturated carbocycles. The van der Waals surface area contributed by atoms with Gasteiger partial charge in [-0.3, -0.25) is 4.79 Å². The molecule has 18 heavy (non-hydrogen) atoms. The number of carbonyl (C=O) groups is 1. The second-order valence-electron chi connectivity index (χ2n) is 3.48. The summed E-state index contributed by atoms with van der Waals surface area (Å²) in [5.41, 5.74) is 0.0381. The third-order valence-corrected chi connectivity index (χ3v) is 2.27. The molecule has 0 aromatic heterocycles. The molecule has 0 unspecified atom stereocenters. The first-order valence-corrected chi connectivity index (χ1v) is 4.77.